The Balaban J connectivity index is 3.35. The Labute approximate surface area is 195 Å². The maximum atomic E-state index is 13.3. The number of aliphatic hydroxyl groups is 1. The molecule has 0 spiro atoms. The van der Waals surface area contributed by atoms with Crippen LogP contribution in [0.1, 0.15) is 76.1 Å². The molecule has 1 rings (SSSR count). The van der Waals surface area contributed by atoms with E-state index in [9.17, 15) is 24.3 Å². The van der Waals surface area contributed by atoms with Gasteiger partial charge < -0.3 is 19.3 Å². The number of ketones is 1. The van der Waals surface area contributed by atoms with Gasteiger partial charge in [0.1, 0.15) is 0 Å². The van der Waals surface area contributed by atoms with Crippen LogP contribution in [0.15, 0.2) is 30.3 Å². The van der Waals surface area contributed by atoms with Gasteiger partial charge in [0.15, 0.2) is 17.3 Å². The topological polar surface area (TPSA) is 116 Å². The van der Waals surface area contributed by atoms with Gasteiger partial charge in [-0.15, -0.1) is 0 Å². The fourth-order valence-corrected chi connectivity index (χ4v) is 3.02. The van der Waals surface area contributed by atoms with Gasteiger partial charge in [0.2, 0.25) is 0 Å². The van der Waals surface area contributed by atoms with Gasteiger partial charge in [-0.1, -0.05) is 70.4 Å². The fourth-order valence-electron chi connectivity index (χ4n) is 3.02. The molecule has 8 heteroatoms. The molecule has 0 aliphatic rings. The Hall–Kier alpha value is -2.74. The standard InChI is InChI=1S/C25H36O8/c1-4-7-15-31-20(26)18-25(30,24(29)33-17-9-6-3)21(23(28)32-16-8-5-2)22(27)19-13-11-10-12-14-19/h10-14,21,30H,4-9,15-18H2,1-3H3. The Morgan fingerprint density at radius 3 is 1.88 bits per heavy atom. The second kappa shape index (κ2) is 15.2. The zero-order valence-corrected chi connectivity index (χ0v) is 19.8. The molecule has 0 aliphatic carbocycles. The quantitative estimate of drug-likeness (QED) is 0.130. The molecule has 184 valence electrons. The van der Waals surface area contributed by atoms with Crippen molar-refractivity contribution >= 4 is 23.7 Å². The van der Waals surface area contributed by atoms with Gasteiger partial charge in [-0.25, -0.2) is 4.79 Å². The number of esters is 3. The summed E-state index contributed by atoms with van der Waals surface area (Å²) in [5.41, 5.74) is -2.68. The molecular weight excluding hydrogens is 428 g/mol. The van der Waals surface area contributed by atoms with E-state index in [1.54, 1.807) is 18.2 Å². The van der Waals surface area contributed by atoms with Crippen molar-refractivity contribution in [3.8, 4) is 0 Å². The van der Waals surface area contributed by atoms with E-state index in [4.69, 9.17) is 14.2 Å². The van der Waals surface area contributed by atoms with Crippen LogP contribution in [0.2, 0.25) is 0 Å². The Morgan fingerprint density at radius 2 is 1.33 bits per heavy atom. The molecule has 2 atom stereocenters. The van der Waals surface area contributed by atoms with E-state index in [2.05, 4.69) is 0 Å². The molecular formula is C25H36O8. The molecule has 0 aromatic heterocycles. The lowest BCUT2D eigenvalue weighted by molar-refractivity contribution is -0.183. The number of rotatable bonds is 16. The summed E-state index contributed by atoms with van der Waals surface area (Å²) in [6.07, 6.45) is 2.96. The van der Waals surface area contributed by atoms with Crippen molar-refractivity contribution in [2.75, 3.05) is 19.8 Å². The highest BCUT2D eigenvalue weighted by atomic mass is 16.6. The molecule has 0 saturated heterocycles. The molecule has 0 radical (unpaired) electrons. The largest absolute Gasteiger partial charge is 0.466 e. The van der Waals surface area contributed by atoms with E-state index in [0.29, 0.717) is 19.3 Å². The first-order chi connectivity index (χ1) is 15.8. The van der Waals surface area contributed by atoms with Crippen molar-refractivity contribution in [3.63, 3.8) is 0 Å². The van der Waals surface area contributed by atoms with Crippen LogP contribution in [0.3, 0.4) is 0 Å². The number of ether oxygens (including phenoxy) is 3. The summed E-state index contributed by atoms with van der Waals surface area (Å²) in [4.78, 5) is 51.8. The third kappa shape index (κ3) is 8.96. The van der Waals surface area contributed by atoms with Crippen molar-refractivity contribution in [1.82, 2.24) is 0 Å². The summed E-state index contributed by atoms with van der Waals surface area (Å²) >= 11 is 0. The molecule has 1 aromatic rings. The number of hydrogen-bond acceptors (Lipinski definition) is 8. The van der Waals surface area contributed by atoms with Gasteiger partial charge in [-0.05, 0) is 19.3 Å². The number of carbonyl (C=O) groups is 4. The SMILES string of the molecule is CCCCOC(=O)CC(O)(C(=O)OCCCC)C(C(=O)OCCCC)C(=O)c1ccccc1. The van der Waals surface area contributed by atoms with E-state index in [1.807, 2.05) is 20.8 Å². The van der Waals surface area contributed by atoms with Crippen LogP contribution in [-0.4, -0.2) is 54.2 Å². The van der Waals surface area contributed by atoms with Gasteiger partial charge in [-0.2, -0.15) is 0 Å². The molecule has 0 fully saturated rings. The van der Waals surface area contributed by atoms with Crippen LogP contribution in [0.25, 0.3) is 0 Å². The van der Waals surface area contributed by atoms with Crippen LogP contribution < -0.4 is 0 Å². The lowest BCUT2D eigenvalue weighted by Crippen LogP contribution is -2.55. The first kappa shape index (κ1) is 28.3. The van der Waals surface area contributed by atoms with E-state index in [-0.39, 0.29) is 25.4 Å². The van der Waals surface area contributed by atoms with E-state index in [1.165, 1.54) is 12.1 Å². The molecule has 0 aliphatic heterocycles. The molecule has 0 heterocycles. The summed E-state index contributed by atoms with van der Waals surface area (Å²) in [7, 11) is 0. The summed E-state index contributed by atoms with van der Waals surface area (Å²) in [6.45, 7) is 5.77. The molecule has 0 bridgehead atoms. The normalized spacial score (nSPS) is 13.5. The van der Waals surface area contributed by atoms with Crippen molar-refractivity contribution in [2.24, 2.45) is 5.92 Å². The average Bonchev–Trinajstić information content (AvgIpc) is 2.80. The Morgan fingerprint density at radius 1 is 0.818 bits per heavy atom. The van der Waals surface area contributed by atoms with Crippen LogP contribution in [0, 0.1) is 5.92 Å². The summed E-state index contributed by atoms with van der Waals surface area (Å²) < 4.78 is 15.5. The first-order valence-electron chi connectivity index (χ1n) is 11.6. The van der Waals surface area contributed by atoms with Gasteiger partial charge >= 0.3 is 17.9 Å². The maximum Gasteiger partial charge on any atom is 0.340 e. The van der Waals surface area contributed by atoms with Gasteiger partial charge in [0.25, 0.3) is 0 Å². The lowest BCUT2D eigenvalue weighted by Gasteiger charge is -2.31. The second-order valence-corrected chi connectivity index (χ2v) is 7.85. The highest BCUT2D eigenvalue weighted by Gasteiger charge is 2.55. The monoisotopic (exact) mass is 464 g/mol. The molecule has 1 aromatic carbocycles. The minimum absolute atomic E-state index is 0.00973. The molecule has 8 nitrogen and oxygen atoms in total. The lowest BCUT2D eigenvalue weighted by atomic mass is 9.79. The van der Waals surface area contributed by atoms with E-state index in [0.717, 1.165) is 19.3 Å². The van der Waals surface area contributed by atoms with Crippen molar-refractivity contribution in [1.29, 1.82) is 0 Å². The number of unbranched alkanes of at least 4 members (excludes halogenated alkanes) is 3. The summed E-state index contributed by atoms with van der Waals surface area (Å²) in [5.74, 6) is -6.05. The van der Waals surface area contributed by atoms with E-state index >= 15 is 0 Å². The minimum Gasteiger partial charge on any atom is -0.466 e. The third-order valence-electron chi connectivity index (χ3n) is 5.04. The van der Waals surface area contributed by atoms with Crippen LogP contribution in [-0.2, 0) is 28.6 Å². The highest BCUT2D eigenvalue weighted by molar-refractivity contribution is 6.13. The smallest absolute Gasteiger partial charge is 0.340 e. The Kier molecular flexibility index (Phi) is 13.0. The number of benzene rings is 1. The number of hydrogen-bond donors (Lipinski definition) is 1. The molecule has 1 N–H and O–H groups in total. The van der Waals surface area contributed by atoms with Crippen molar-refractivity contribution in [3.05, 3.63) is 35.9 Å². The fraction of sp³-hybridized carbons (Fsp3) is 0.600. The molecule has 0 amide bonds. The average molecular weight is 465 g/mol. The van der Waals surface area contributed by atoms with Gasteiger partial charge in [0, 0.05) is 5.56 Å². The van der Waals surface area contributed by atoms with Gasteiger partial charge in [0.05, 0.1) is 26.2 Å². The highest BCUT2D eigenvalue weighted by Crippen LogP contribution is 2.30. The van der Waals surface area contributed by atoms with Crippen LogP contribution >= 0.6 is 0 Å². The predicted octanol–water partition coefficient (Wildman–Crippen LogP) is 3.64. The zero-order chi connectivity index (χ0) is 24.7. The zero-order valence-electron chi connectivity index (χ0n) is 19.8. The predicted molar refractivity (Wildman–Crippen MR) is 121 cm³/mol. The van der Waals surface area contributed by atoms with Gasteiger partial charge in [-0.3, -0.25) is 14.4 Å². The minimum atomic E-state index is -2.77. The first-order valence-corrected chi connectivity index (χ1v) is 11.6. The maximum absolute atomic E-state index is 13.3. The van der Waals surface area contributed by atoms with E-state index < -0.39 is 41.6 Å². The molecule has 33 heavy (non-hydrogen) atoms. The number of carbonyl (C=O) groups excluding carboxylic acids is 4. The molecule has 0 saturated carbocycles. The van der Waals surface area contributed by atoms with Crippen LogP contribution in [0.4, 0.5) is 0 Å². The summed E-state index contributed by atoms with van der Waals surface area (Å²) in [6, 6.07) is 7.77. The number of Topliss-reactive ketones (excluding diaryl/α,β-unsaturated/α-hetero) is 1. The van der Waals surface area contributed by atoms with Crippen molar-refractivity contribution < 1.29 is 38.5 Å². The summed E-state index contributed by atoms with van der Waals surface area (Å²) in [5, 5.41) is 11.4. The second-order valence-electron chi connectivity index (χ2n) is 7.85. The third-order valence-corrected chi connectivity index (χ3v) is 5.04. The van der Waals surface area contributed by atoms with Crippen LogP contribution in [0.5, 0.6) is 0 Å². The van der Waals surface area contributed by atoms with Crippen molar-refractivity contribution in [2.45, 2.75) is 71.3 Å². The Bertz CT molecular complexity index is 761. The molecule has 2 unspecified atom stereocenters.